The summed E-state index contributed by atoms with van der Waals surface area (Å²) in [4.78, 5) is 1.40. The summed E-state index contributed by atoms with van der Waals surface area (Å²) in [7, 11) is 0. The van der Waals surface area contributed by atoms with Gasteiger partial charge in [0.25, 0.3) is 0 Å². The quantitative estimate of drug-likeness (QED) is 0.804. The molecule has 1 unspecified atom stereocenters. The average Bonchev–Trinajstić information content (AvgIpc) is 3.06. The van der Waals surface area contributed by atoms with Crippen LogP contribution in [0.3, 0.4) is 0 Å². The Bertz CT molecular complexity index is 620. The molecule has 0 bridgehead atoms. The summed E-state index contributed by atoms with van der Waals surface area (Å²) >= 11 is 1.82. The van der Waals surface area contributed by atoms with Crippen LogP contribution in [0.25, 0.3) is 0 Å². The summed E-state index contributed by atoms with van der Waals surface area (Å²) in [6, 6.07) is 13.1. The molecule has 3 nitrogen and oxygen atoms in total. The first kappa shape index (κ1) is 17.6. The lowest BCUT2D eigenvalue weighted by Gasteiger charge is -2.37. The van der Waals surface area contributed by atoms with Gasteiger partial charge in [-0.25, -0.2) is 0 Å². The first-order valence-electron chi connectivity index (χ1n) is 8.72. The van der Waals surface area contributed by atoms with Crippen LogP contribution in [0.15, 0.2) is 41.8 Å². The maximum absolute atomic E-state index is 9.94. The maximum Gasteiger partial charge on any atom is 0.0501 e. The van der Waals surface area contributed by atoms with Crippen molar-refractivity contribution in [2.45, 2.75) is 32.2 Å². The average molecular weight is 346 g/mol. The number of rotatable bonds is 7. The third-order valence-corrected chi connectivity index (χ3v) is 6.25. The summed E-state index contributed by atoms with van der Waals surface area (Å²) < 4.78 is 5.48. The first-order chi connectivity index (χ1) is 11.7. The van der Waals surface area contributed by atoms with Gasteiger partial charge in [0.1, 0.15) is 0 Å². The summed E-state index contributed by atoms with van der Waals surface area (Å²) in [5, 5.41) is 15.9. The highest BCUT2D eigenvalue weighted by atomic mass is 32.1. The highest BCUT2D eigenvalue weighted by molar-refractivity contribution is 7.10. The second-order valence-corrected chi connectivity index (χ2v) is 7.81. The van der Waals surface area contributed by atoms with E-state index in [1.54, 1.807) is 0 Å². The van der Waals surface area contributed by atoms with Crippen molar-refractivity contribution < 1.29 is 9.84 Å². The van der Waals surface area contributed by atoms with Gasteiger partial charge in [0.05, 0.1) is 6.61 Å². The summed E-state index contributed by atoms with van der Waals surface area (Å²) in [6.45, 7) is 4.75. The van der Waals surface area contributed by atoms with Gasteiger partial charge in [0.15, 0.2) is 0 Å². The van der Waals surface area contributed by atoms with Gasteiger partial charge < -0.3 is 15.2 Å². The van der Waals surface area contributed by atoms with Crippen LogP contribution in [0.2, 0.25) is 0 Å². The topological polar surface area (TPSA) is 41.5 Å². The van der Waals surface area contributed by atoms with Gasteiger partial charge in [-0.05, 0) is 48.8 Å². The van der Waals surface area contributed by atoms with E-state index in [-0.39, 0.29) is 12.0 Å². The molecular weight excluding hydrogens is 318 g/mol. The SMILES string of the molecule is Cc1ccsc1C(Cc1ccccc1)NCC1(CO)CCOCC1. The monoisotopic (exact) mass is 345 g/mol. The zero-order valence-corrected chi connectivity index (χ0v) is 15.1. The van der Waals surface area contributed by atoms with Crippen molar-refractivity contribution in [3.8, 4) is 0 Å². The molecule has 2 aromatic rings. The van der Waals surface area contributed by atoms with Crippen LogP contribution in [0.5, 0.6) is 0 Å². The molecule has 0 aliphatic carbocycles. The number of hydrogen-bond donors (Lipinski definition) is 2. The van der Waals surface area contributed by atoms with Crippen molar-refractivity contribution in [1.82, 2.24) is 5.32 Å². The fourth-order valence-electron chi connectivity index (χ4n) is 3.38. The van der Waals surface area contributed by atoms with Crippen molar-refractivity contribution in [3.05, 3.63) is 57.8 Å². The highest BCUT2D eigenvalue weighted by Crippen LogP contribution is 2.32. The Morgan fingerprint density at radius 2 is 1.96 bits per heavy atom. The lowest BCUT2D eigenvalue weighted by molar-refractivity contribution is -0.0165. The molecule has 0 spiro atoms. The molecule has 0 radical (unpaired) electrons. The number of ether oxygens (including phenoxy) is 1. The standard InChI is InChI=1S/C20H27NO2S/c1-16-7-12-24-19(16)18(13-17-5-3-2-4-6-17)21-14-20(15-22)8-10-23-11-9-20/h2-7,12,18,21-22H,8-11,13-15H2,1H3. The van der Waals surface area contributed by atoms with Crippen LogP contribution in [-0.2, 0) is 11.2 Å². The van der Waals surface area contributed by atoms with E-state index in [4.69, 9.17) is 4.74 Å². The van der Waals surface area contributed by atoms with Crippen LogP contribution in [-0.4, -0.2) is 31.5 Å². The van der Waals surface area contributed by atoms with E-state index in [0.717, 1.165) is 39.0 Å². The largest absolute Gasteiger partial charge is 0.396 e. The number of hydrogen-bond acceptors (Lipinski definition) is 4. The lowest BCUT2D eigenvalue weighted by atomic mass is 9.80. The minimum atomic E-state index is -0.0433. The summed E-state index contributed by atoms with van der Waals surface area (Å²) in [5.41, 5.74) is 2.64. The normalized spacial score (nSPS) is 18.4. The summed E-state index contributed by atoms with van der Waals surface area (Å²) in [6.07, 6.45) is 2.83. The van der Waals surface area contributed by atoms with E-state index in [1.165, 1.54) is 16.0 Å². The summed E-state index contributed by atoms with van der Waals surface area (Å²) in [5.74, 6) is 0. The van der Waals surface area contributed by atoms with Crippen LogP contribution < -0.4 is 5.32 Å². The molecule has 2 N–H and O–H groups in total. The van der Waals surface area contributed by atoms with Crippen molar-refractivity contribution in [2.75, 3.05) is 26.4 Å². The van der Waals surface area contributed by atoms with Crippen molar-refractivity contribution in [2.24, 2.45) is 5.41 Å². The van der Waals surface area contributed by atoms with Gasteiger partial charge in [0.2, 0.25) is 0 Å². The van der Waals surface area contributed by atoms with E-state index in [1.807, 2.05) is 11.3 Å². The fraction of sp³-hybridized carbons (Fsp3) is 0.500. The minimum Gasteiger partial charge on any atom is -0.396 e. The van der Waals surface area contributed by atoms with Gasteiger partial charge in [-0.2, -0.15) is 0 Å². The Kier molecular flexibility index (Phi) is 6.06. The Morgan fingerprint density at radius 1 is 1.21 bits per heavy atom. The zero-order chi connectivity index (χ0) is 16.8. The van der Waals surface area contributed by atoms with Crippen LogP contribution >= 0.6 is 11.3 Å². The molecule has 1 atom stereocenters. The number of benzene rings is 1. The third-order valence-electron chi connectivity index (χ3n) is 5.11. The van der Waals surface area contributed by atoms with Crippen molar-refractivity contribution in [3.63, 3.8) is 0 Å². The fourth-order valence-corrected chi connectivity index (χ4v) is 4.39. The molecule has 1 aromatic carbocycles. The van der Waals surface area contributed by atoms with Crippen LogP contribution in [0.1, 0.15) is 34.9 Å². The van der Waals surface area contributed by atoms with Crippen molar-refractivity contribution >= 4 is 11.3 Å². The van der Waals surface area contributed by atoms with Crippen LogP contribution in [0.4, 0.5) is 0 Å². The third kappa shape index (κ3) is 4.25. The second kappa shape index (κ2) is 8.26. The molecule has 0 saturated carbocycles. The van der Waals surface area contributed by atoms with Crippen molar-refractivity contribution in [1.29, 1.82) is 0 Å². The van der Waals surface area contributed by atoms with E-state index < -0.39 is 0 Å². The smallest absolute Gasteiger partial charge is 0.0501 e. The number of thiophene rings is 1. The second-order valence-electron chi connectivity index (χ2n) is 6.86. The molecule has 0 amide bonds. The van der Waals surface area contributed by atoms with E-state index in [0.29, 0.717) is 6.04 Å². The number of aryl methyl sites for hydroxylation is 1. The van der Waals surface area contributed by atoms with Crippen LogP contribution in [0, 0.1) is 12.3 Å². The molecule has 24 heavy (non-hydrogen) atoms. The van der Waals surface area contributed by atoms with Gasteiger partial charge in [-0.3, -0.25) is 0 Å². The zero-order valence-electron chi connectivity index (χ0n) is 14.3. The lowest BCUT2D eigenvalue weighted by Crippen LogP contribution is -2.43. The number of nitrogens with one attached hydrogen (secondary N) is 1. The number of aliphatic hydroxyl groups is 1. The molecule has 130 valence electrons. The minimum absolute atomic E-state index is 0.0433. The molecule has 1 aliphatic heterocycles. The molecule has 1 fully saturated rings. The van der Waals surface area contributed by atoms with Gasteiger partial charge in [0, 0.05) is 36.1 Å². The predicted molar refractivity (Wildman–Crippen MR) is 99.5 cm³/mol. The maximum atomic E-state index is 9.94. The number of aliphatic hydroxyl groups excluding tert-OH is 1. The molecule has 1 aliphatic rings. The molecule has 2 heterocycles. The van der Waals surface area contributed by atoms with Gasteiger partial charge >= 0.3 is 0 Å². The van der Waals surface area contributed by atoms with E-state index in [2.05, 4.69) is 54.0 Å². The molecule has 1 aromatic heterocycles. The Labute approximate surface area is 148 Å². The molecule has 4 heteroatoms. The highest BCUT2D eigenvalue weighted by Gasteiger charge is 2.32. The Hall–Kier alpha value is -1.20. The van der Waals surface area contributed by atoms with E-state index in [9.17, 15) is 5.11 Å². The predicted octanol–water partition coefficient (Wildman–Crippen LogP) is 3.72. The van der Waals surface area contributed by atoms with Gasteiger partial charge in [-0.1, -0.05) is 30.3 Å². The first-order valence-corrected chi connectivity index (χ1v) is 9.60. The molecule has 1 saturated heterocycles. The molecular formula is C20H27NO2S. The Balaban J connectivity index is 1.73. The van der Waals surface area contributed by atoms with E-state index >= 15 is 0 Å². The Morgan fingerprint density at radius 3 is 2.58 bits per heavy atom. The molecule has 3 rings (SSSR count). The van der Waals surface area contributed by atoms with Gasteiger partial charge in [-0.15, -0.1) is 11.3 Å².